The lowest BCUT2D eigenvalue weighted by Crippen LogP contribution is -2.30. The fourth-order valence-corrected chi connectivity index (χ4v) is 1.06. The van der Waals surface area contributed by atoms with Gasteiger partial charge < -0.3 is 10.1 Å². The van der Waals surface area contributed by atoms with Crippen LogP contribution in [-0.4, -0.2) is 25.2 Å². The molecule has 0 aliphatic carbocycles. The van der Waals surface area contributed by atoms with Crippen LogP contribution in [0, 0.1) is 0 Å². The molecular formula is C9H19NO2. The maximum Gasteiger partial charge on any atom is 0.217 e. The minimum absolute atomic E-state index is 0.0407. The van der Waals surface area contributed by atoms with Gasteiger partial charge in [-0.2, -0.15) is 0 Å². The first-order valence-corrected chi connectivity index (χ1v) is 4.51. The first-order valence-electron chi connectivity index (χ1n) is 4.51. The quantitative estimate of drug-likeness (QED) is 0.615. The highest BCUT2D eigenvalue weighted by Crippen LogP contribution is 1.96. The van der Waals surface area contributed by atoms with E-state index in [0.29, 0.717) is 0 Å². The van der Waals surface area contributed by atoms with Crippen LogP contribution in [-0.2, 0) is 9.53 Å². The maximum atomic E-state index is 10.6. The standard InChI is InChI=1S/C9H19NO2/c1-4-12-7-5-6-8(2)10-9(3)11/h8H,4-7H2,1-3H3,(H,10,11). The number of rotatable bonds is 6. The molecule has 1 amide bonds. The van der Waals surface area contributed by atoms with Gasteiger partial charge in [-0.1, -0.05) is 0 Å². The number of carbonyl (C=O) groups is 1. The first kappa shape index (κ1) is 11.4. The Hall–Kier alpha value is -0.570. The lowest BCUT2D eigenvalue weighted by atomic mass is 10.2. The average Bonchev–Trinajstić information content (AvgIpc) is 1.97. The van der Waals surface area contributed by atoms with Crippen molar-refractivity contribution in [3.8, 4) is 0 Å². The highest BCUT2D eigenvalue weighted by atomic mass is 16.5. The molecule has 0 spiro atoms. The molecule has 0 rings (SSSR count). The van der Waals surface area contributed by atoms with E-state index in [1.165, 1.54) is 0 Å². The molecule has 72 valence electrons. The fourth-order valence-electron chi connectivity index (χ4n) is 1.06. The van der Waals surface area contributed by atoms with Crippen molar-refractivity contribution in [1.82, 2.24) is 5.32 Å². The topological polar surface area (TPSA) is 38.3 Å². The number of nitrogens with one attached hydrogen (secondary N) is 1. The summed E-state index contributed by atoms with van der Waals surface area (Å²) in [6.07, 6.45) is 1.99. The van der Waals surface area contributed by atoms with Crippen LogP contribution < -0.4 is 5.32 Å². The predicted octanol–water partition coefficient (Wildman–Crippen LogP) is 1.33. The van der Waals surface area contributed by atoms with Crippen LogP contribution in [0.15, 0.2) is 0 Å². The average molecular weight is 173 g/mol. The van der Waals surface area contributed by atoms with Gasteiger partial charge in [0, 0.05) is 26.2 Å². The molecule has 3 nitrogen and oxygen atoms in total. The molecule has 0 bridgehead atoms. The van der Waals surface area contributed by atoms with Crippen molar-refractivity contribution < 1.29 is 9.53 Å². The Labute approximate surface area is 74.5 Å². The summed E-state index contributed by atoms with van der Waals surface area (Å²) in [7, 11) is 0. The third-order valence-corrected chi connectivity index (χ3v) is 1.58. The van der Waals surface area contributed by atoms with E-state index >= 15 is 0 Å². The molecule has 0 fully saturated rings. The largest absolute Gasteiger partial charge is 0.382 e. The van der Waals surface area contributed by atoms with Crippen molar-refractivity contribution in [3.63, 3.8) is 0 Å². The minimum Gasteiger partial charge on any atom is -0.382 e. The molecule has 0 heterocycles. The molecule has 1 unspecified atom stereocenters. The van der Waals surface area contributed by atoms with Crippen LogP contribution in [0.3, 0.4) is 0 Å². The van der Waals surface area contributed by atoms with Crippen molar-refractivity contribution in [2.45, 2.75) is 39.7 Å². The van der Waals surface area contributed by atoms with Crippen molar-refractivity contribution in [1.29, 1.82) is 0 Å². The summed E-state index contributed by atoms with van der Waals surface area (Å²) in [6, 6.07) is 0.267. The minimum atomic E-state index is 0.0407. The second kappa shape index (κ2) is 7.10. The Balaban J connectivity index is 3.19. The van der Waals surface area contributed by atoms with E-state index in [1.807, 2.05) is 13.8 Å². The summed E-state index contributed by atoms with van der Waals surface area (Å²) in [5, 5.41) is 2.83. The van der Waals surface area contributed by atoms with Gasteiger partial charge in [0.15, 0.2) is 0 Å². The van der Waals surface area contributed by atoms with Crippen LogP contribution in [0.1, 0.15) is 33.6 Å². The number of amides is 1. The van der Waals surface area contributed by atoms with E-state index < -0.39 is 0 Å². The molecule has 0 aromatic heterocycles. The lowest BCUT2D eigenvalue weighted by molar-refractivity contribution is -0.119. The predicted molar refractivity (Wildman–Crippen MR) is 49.0 cm³/mol. The molecule has 0 aliphatic rings. The highest BCUT2D eigenvalue weighted by molar-refractivity contribution is 5.73. The molecule has 0 radical (unpaired) electrons. The first-order chi connectivity index (χ1) is 5.66. The van der Waals surface area contributed by atoms with Crippen molar-refractivity contribution in [3.05, 3.63) is 0 Å². The number of hydrogen-bond donors (Lipinski definition) is 1. The summed E-state index contributed by atoms with van der Waals surface area (Å²) in [5.41, 5.74) is 0. The fraction of sp³-hybridized carbons (Fsp3) is 0.889. The molecule has 1 atom stereocenters. The summed E-state index contributed by atoms with van der Waals surface area (Å²) in [5.74, 6) is 0.0407. The van der Waals surface area contributed by atoms with E-state index in [0.717, 1.165) is 26.1 Å². The van der Waals surface area contributed by atoms with Gasteiger partial charge in [0.1, 0.15) is 0 Å². The number of ether oxygens (including phenoxy) is 1. The maximum absolute atomic E-state index is 10.6. The van der Waals surface area contributed by atoms with E-state index in [9.17, 15) is 4.79 Å². The van der Waals surface area contributed by atoms with E-state index in [-0.39, 0.29) is 11.9 Å². The smallest absolute Gasteiger partial charge is 0.217 e. The monoisotopic (exact) mass is 173 g/mol. The van der Waals surface area contributed by atoms with Gasteiger partial charge >= 0.3 is 0 Å². The third-order valence-electron chi connectivity index (χ3n) is 1.58. The lowest BCUT2D eigenvalue weighted by Gasteiger charge is -2.11. The molecule has 0 saturated heterocycles. The molecule has 12 heavy (non-hydrogen) atoms. The Kier molecular flexibility index (Phi) is 6.76. The van der Waals surface area contributed by atoms with Gasteiger partial charge in [0.05, 0.1) is 0 Å². The second-order valence-corrected chi connectivity index (χ2v) is 2.94. The zero-order chi connectivity index (χ0) is 9.40. The van der Waals surface area contributed by atoms with Gasteiger partial charge in [-0.15, -0.1) is 0 Å². The zero-order valence-electron chi connectivity index (χ0n) is 8.22. The van der Waals surface area contributed by atoms with Crippen LogP contribution in [0.25, 0.3) is 0 Å². The van der Waals surface area contributed by atoms with Crippen molar-refractivity contribution in [2.75, 3.05) is 13.2 Å². The van der Waals surface area contributed by atoms with Crippen molar-refractivity contribution >= 4 is 5.91 Å². The SMILES string of the molecule is CCOCCCC(C)NC(C)=O. The second-order valence-electron chi connectivity index (χ2n) is 2.94. The van der Waals surface area contributed by atoms with E-state index in [1.54, 1.807) is 6.92 Å². The van der Waals surface area contributed by atoms with Gasteiger partial charge in [-0.25, -0.2) is 0 Å². The number of carbonyl (C=O) groups excluding carboxylic acids is 1. The zero-order valence-corrected chi connectivity index (χ0v) is 8.22. The molecule has 1 N–H and O–H groups in total. The summed E-state index contributed by atoms with van der Waals surface area (Å²) < 4.78 is 5.18. The van der Waals surface area contributed by atoms with Crippen LogP contribution in [0.4, 0.5) is 0 Å². The van der Waals surface area contributed by atoms with Crippen molar-refractivity contribution in [2.24, 2.45) is 0 Å². The van der Waals surface area contributed by atoms with Gasteiger partial charge in [-0.05, 0) is 26.7 Å². The summed E-state index contributed by atoms with van der Waals surface area (Å²) in [4.78, 5) is 10.6. The Bertz CT molecular complexity index is 126. The van der Waals surface area contributed by atoms with Crippen LogP contribution in [0.2, 0.25) is 0 Å². The van der Waals surface area contributed by atoms with Crippen LogP contribution in [0.5, 0.6) is 0 Å². The molecule has 0 aromatic rings. The van der Waals surface area contributed by atoms with Gasteiger partial charge in [0.25, 0.3) is 0 Å². The van der Waals surface area contributed by atoms with Gasteiger partial charge in [-0.3, -0.25) is 4.79 Å². The van der Waals surface area contributed by atoms with Gasteiger partial charge in [0.2, 0.25) is 5.91 Å². The third kappa shape index (κ3) is 7.54. The molecule has 0 aliphatic heterocycles. The molecular weight excluding hydrogens is 154 g/mol. The summed E-state index contributed by atoms with van der Waals surface area (Å²) in [6.45, 7) is 7.10. The van der Waals surface area contributed by atoms with E-state index in [2.05, 4.69) is 5.32 Å². The normalized spacial score (nSPS) is 12.6. The summed E-state index contributed by atoms with van der Waals surface area (Å²) >= 11 is 0. The van der Waals surface area contributed by atoms with Crippen LogP contribution >= 0.6 is 0 Å². The molecule has 0 saturated carbocycles. The van der Waals surface area contributed by atoms with E-state index in [4.69, 9.17) is 4.74 Å². The Morgan fingerprint density at radius 1 is 1.58 bits per heavy atom. The number of hydrogen-bond acceptors (Lipinski definition) is 2. The highest BCUT2D eigenvalue weighted by Gasteiger charge is 2.01. The Morgan fingerprint density at radius 3 is 2.75 bits per heavy atom. The Morgan fingerprint density at radius 2 is 2.25 bits per heavy atom. The molecule has 0 aromatic carbocycles. The molecule has 3 heteroatoms.